The van der Waals surface area contributed by atoms with E-state index in [0.29, 0.717) is 0 Å². The predicted octanol–water partition coefficient (Wildman–Crippen LogP) is 12.4. The number of fused-ring (bicyclic) bond motifs is 6. The molecule has 44 heavy (non-hydrogen) atoms. The number of rotatable bonds is 4. The van der Waals surface area contributed by atoms with Gasteiger partial charge in [0.05, 0.1) is 0 Å². The molecule has 0 fully saturated rings. The van der Waals surface area contributed by atoms with Crippen molar-refractivity contribution in [3.8, 4) is 44.5 Å². The first kappa shape index (κ1) is 26.2. The van der Waals surface area contributed by atoms with Crippen molar-refractivity contribution in [1.82, 2.24) is 0 Å². The summed E-state index contributed by atoms with van der Waals surface area (Å²) in [7, 11) is 0. The van der Waals surface area contributed by atoms with Crippen molar-refractivity contribution in [1.29, 1.82) is 0 Å². The Morgan fingerprint density at radius 3 is 1.45 bits per heavy atom. The normalized spacial score (nSPS) is 11.4. The Kier molecular flexibility index (Phi) is 6.35. The summed E-state index contributed by atoms with van der Waals surface area (Å²) in [6, 6.07) is 57.7. The molecule has 0 aliphatic heterocycles. The summed E-state index contributed by atoms with van der Waals surface area (Å²) >= 11 is 0. The first-order valence-corrected chi connectivity index (χ1v) is 15.4. The van der Waals surface area contributed by atoms with Gasteiger partial charge in [0.1, 0.15) is 0 Å². The molecule has 8 rings (SSSR count). The highest BCUT2D eigenvalue weighted by molar-refractivity contribution is 6.25. The minimum atomic E-state index is 1.23. The van der Waals surface area contributed by atoms with Gasteiger partial charge in [0.25, 0.3) is 0 Å². The van der Waals surface area contributed by atoms with Crippen LogP contribution in [0.5, 0.6) is 0 Å². The van der Waals surface area contributed by atoms with E-state index < -0.39 is 0 Å². The Balaban J connectivity index is 1.22. The summed E-state index contributed by atoms with van der Waals surface area (Å²) in [5.74, 6) is 0. The van der Waals surface area contributed by atoms with Crippen LogP contribution in [0.3, 0.4) is 0 Å². The highest BCUT2D eigenvalue weighted by atomic mass is 14.2. The molecule has 8 aromatic carbocycles. The molecule has 0 aliphatic rings. The second kappa shape index (κ2) is 10.7. The van der Waals surface area contributed by atoms with Crippen molar-refractivity contribution < 1.29 is 0 Å². The Hall–Kier alpha value is -5.46. The molecule has 208 valence electrons. The van der Waals surface area contributed by atoms with Crippen molar-refractivity contribution in [2.24, 2.45) is 0 Å². The Bertz CT molecular complexity index is 2290. The van der Waals surface area contributed by atoms with Crippen LogP contribution in [0, 0.1) is 13.8 Å². The van der Waals surface area contributed by atoms with E-state index in [1.54, 1.807) is 0 Å². The molecular weight excluding hydrogens is 528 g/mol. The van der Waals surface area contributed by atoms with Gasteiger partial charge in [-0.2, -0.15) is 0 Å². The first-order chi connectivity index (χ1) is 21.7. The highest BCUT2D eigenvalue weighted by Crippen LogP contribution is 2.39. The topological polar surface area (TPSA) is 0 Å². The lowest BCUT2D eigenvalue weighted by Gasteiger charge is -2.17. The maximum atomic E-state index is 2.38. The third kappa shape index (κ3) is 4.39. The number of aryl methyl sites for hydroxylation is 1. The molecule has 8 aromatic rings. The van der Waals surface area contributed by atoms with Crippen LogP contribution in [0.25, 0.3) is 76.8 Å². The maximum Gasteiger partial charge on any atom is -0.00928 e. The first-order valence-electron chi connectivity index (χ1n) is 15.4. The van der Waals surface area contributed by atoms with Crippen LogP contribution in [0.4, 0.5) is 0 Å². The number of hydrogen-bond acceptors (Lipinski definition) is 0. The number of hydrogen-bond donors (Lipinski definition) is 0. The van der Waals surface area contributed by atoms with Gasteiger partial charge >= 0.3 is 0 Å². The second-order valence-corrected chi connectivity index (χ2v) is 11.8. The molecule has 0 atom stereocenters. The van der Waals surface area contributed by atoms with Crippen molar-refractivity contribution >= 4 is 32.3 Å². The lowest BCUT2D eigenvalue weighted by atomic mass is 9.87. The van der Waals surface area contributed by atoms with Crippen molar-refractivity contribution in [3.63, 3.8) is 0 Å². The average molecular weight is 561 g/mol. The van der Waals surface area contributed by atoms with E-state index in [1.807, 2.05) is 0 Å². The largest absolute Gasteiger partial charge is 0.0622 e. The molecule has 0 spiro atoms. The van der Waals surface area contributed by atoms with Crippen LogP contribution in [-0.2, 0) is 0 Å². The second-order valence-electron chi connectivity index (χ2n) is 11.8. The van der Waals surface area contributed by atoms with Gasteiger partial charge in [0.15, 0.2) is 0 Å². The van der Waals surface area contributed by atoms with Gasteiger partial charge in [0, 0.05) is 0 Å². The fraction of sp³-hybridized carbons (Fsp3) is 0.0455. The fourth-order valence-electron chi connectivity index (χ4n) is 7.02. The van der Waals surface area contributed by atoms with Crippen LogP contribution in [0.1, 0.15) is 11.1 Å². The van der Waals surface area contributed by atoms with E-state index in [-0.39, 0.29) is 0 Å². The van der Waals surface area contributed by atoms with E-state index in [4.69, 9.17) is 0 Å². The van der Waals surface area contributed by atoms with Crippen molar-refractivity contribution in [2.45, 2.75) is 13.8 Å². The molecule has 0 saturated carbocycles. The van der Waals surface area contributed by atoms with Crippen molar-refractivity contribution in [2.75, 3.05) is 0 Å². The quantitative estimate of drug-likeness (QED) is 0.188. The summed E-state index contributed by atoms with van der Waals surface area (Å²) in [6.45, 7) is 4.49. The van der Waals surface area contributed by atoms with Gasteiger partial charge in [-0.25, -0.2) is 0 Å². The third-order valence-corrected chi connectivity index (χ3v) is 9.21. The summed E-state index contributed by atoms with van der Waals surface area (Å²) in [5, 5.41) is 7.83. The van der Waals surface area contributed by atoms with Gasteiger partial charge < -0.3 is 0 Å². The zero-order valence-corrected chi connectivity index (χ0v) is 25.0. The highest BCUT2D eigenvalue weighted by Gasteiger charge is 2.14. The Labute approximate surface area is 258 Å². The zero-order chi connectivity index (χ0) is 29.6. The summed E-state index contributed by atoms with van der Waals surface area (Å²) in [6.07, 6.45) is 0. The number of benzene rings is 8. The van der Waals surface area contributed by atoms with E-state index in [1.165, 1.54) is 88.0 Å². The lowest BCUT2D eigenvalue weighted by molar-refractivity contribution is 1.37. The molecule has 0 aliphatic carbocycles. The van der Waals surface area contributed by atoms with E-state index in [9.17, 15) is 0 Å². The summed E-state index contributed by atoms with van der Waals surface area (Å²) in [4.78, 5) is 0. The minimum absolute atomic E-state index is 1.23. The van der Waals surface area contributed by atoms with Crippen LogP contribution in [0.2, 0.25) is 0 Å². The van der Waals surface area contributed by atoms with Gasteiger partial charge in [-0.05, 0) is 114 Å². The molecule has 0 saturated heterocycles. The summed E-state index contributed by atoms with van der Waals surface area (Å²) < 4.78 is 0. The smallest absolute Gasteiger partial charge is 0.00928 e. The molecule has 0 N–H and O–H groups in total. The summed E-state index contributed by atoms with van der Waals surface area (Å²) in [5.41, 5.74) is 12.6. The molecule has 0 radical (unpaired) electrons. The minimum Gasteiger partial charge on any atom is -0.0622 e. The van der Waals surface area contributed by atoms with Gasteiger partial charge in [-0.3, -0.25) is 0 Å². The lowest BCUT2D eigenvalue weighted by Crippen LogP contribution is -1.93. The van der Waals surface area contributed by atoms with Crippen LogP contribution in [-0.4, -0.2) is 0 Å². The van der Waals surface area contributed by atoms with Gasteiger partial charge in [0.2, 0.25) is 0 Å². The Morgan fingerprint density at radius 1 is 0.295 bits per heavy atom. The molecule has 0 bridgehead atoms. The van der Waals surface area contributed by atoms with E-state index in [2.05, 4.69) is 172 Å². The van der Waals surface area contributed by atoms with E-state index in [0.717, 1.165) is 0 Å². The maximum absolute atomic E-state index is 2.38. The molecule has 0 amide bonds. The predicted molar refractivity (Wildman–Crippen MR) is 190 cm³/mol. The van der Waals surface area contributed by atoms with Crippen LogP contribution >= 0.6 is 0 Å². The fourth-order valence-corrected chi connectivity index (χ4v) is 7.02. The van der Waals surface area contributed by atoms with Crippen molar-refractivity contribution in [3.05, 3.63) is 169 Å². The molecule has 0 heterocycles. The SMILES string of the molecule is Cc1ccc(-c2ccc(-c3ccccc3)cc2)c(C)c1-c1cccc(-c2ccc3c4ccccc4c4ccccc4c3c2)c1. The Morgan fingerprint density at radius 2 is 0.773 bits per heavy atom. The standard InChI is InChI=1S/C44H32/c1-29-19-25-37(33-22-20-32(21-23-33)31-11-4-3-5-12-31)30(2)44(29)36-14-10-13-34(27-36)35-24-26-42-40-17-7-6-15-38(40)39-16-8-9-18-41(39)43(42)28-35/h3-28H,1-2H3. The molecule has 0 heteroatoms. The van der Waals surface area contributed by atoms with Crippen LogP contribution < -0.4 is 0 Å². The molecule has 0 aromatic heterocycles. The van der Waals surface area contributed by atoms with Gasteiger partial charge in [-0.1, -0.05) is 146 Å². The molecular formula is C44H32. The monoisotopic (exact) mass is 560 g/mol. The van der Waals surface area contributed by atoms with Crippen LogP contribution in [0.15, 0.2) is 158 Å². The van der Waals surface area contributed by atoms with Gasteiger partial charge in [-0.15, -0.1) is 0 Å². The van der Waals surface area contributed by atoms with E-state index >= 15 is 0 Å². The molecule has 0 unspecified atom stereocenters. The third-order valence-electron chi connectivity index (χ3n) is 9.21. The average Bonchev–Trinajstić information content (AvgIpc) is 3.09. The zero-order valence-electron chi connectivity index (χ0n) is 25.0. The molecule has 0 nitrogen and oxygen atoms in total.